The summed E-state index contributed by atoms with van der Waals surface area (Å²) in [6.45, 7) is 8.84. The van der Waals surface area contributed by atoms with Crippen molar-refractivity contribution in [2.45, 2.75) is 78.2 Å². The zero-order valence-electron chi connectivity index (χ0n) is 19.4. The van der Waals surface area contributed by atoms with Gasteiger partial charge < -0.3 is 15.7 Å². The first-order chi connectivity index (χ1) is 14.9. The quantitative estimate of drug-likeness (QED) is 0.398. The molecule has 3 N–H and O–H groups in total. The van der Waals surface area contributed by atoms with Crippen molar-refractivity contribution in [3.8, 4) is 0 Å². The van der Waals surface area contributed by atoms with Gasteiger partial charge in [-0.05, 0) is 65.7 Å². The fourth-order valence-electron chi connectivity index (χ4n) is 3.93. The van der Waals surface area contributed by atoms with Gasteiger partial charge in [-0.2, -0.15) is 0 Å². The highest BCUT2D eigenvalue weighted by molar-refractivity contribution is 9.10. The molecular weight excluding hydrogens is 478 g/mol. The van der Waals surface area contributed by atoms with E-state index >= 15 is 0 Å². The smallest absolute Gasteiger partial charge is 0.217 e. The van der Waals surface area contributed by atoms with Crippen LogP contribution in [-0.4, -0.2) is 35.9 Å². The number of nitrogens with one attached hydrogen (secondary N) is 2. The molecule has 2 rings (SSSR count). The van der Waals surface area contributed by atoms with Gasteiger partial charge >= 0.3 is 0 Å². The van der Waals surface area contributed by atoms with E-state index in [1.165, 1.54) is 24.6 Å². The zero-order valence-corrected chi connectivity index (χ0v) is 20.9. The predicted molar refractivity (Wildman–Crippen MR) is 129 cm³/mol. The molecule has 32 heavy (non-hydrogen) atoms. The summed E-state index contributed by atoms with van der Waals surface area (Å²) >= 11 is 3.57. The predicted octanol–water partition coefficient (Wildman–Crippen LogP) is 5.29. The molecule has 1 amide bonds. The van der Waals surface area contributed by atoms with Crippen molar-refractivity contribution in [1.82, 2.24) is 10.6 Å². The third-order valence-corrected chi connectivity index (χ3v) is 5.62. The van der Waals surface area contributed by atoms with Gasteiger partial charge in [0.2, 0.25) is 5.91 Å². The number of benzene rings is 1. The highest BCUT2D eigenvalue weighted by Gasteiger charge is 2.22. The second-order valence-electron chi connectivity index (χ2n) is 9.80. The van der Waals surface area contributed by atoms with Crippen molar-refractivity contribution in [2.24, 2.45) is 5.41 Å². The Morgan fingerprint density at radius 1 is 1.28 bits per heavy atom. The first-order valence-electron chi connectivity index (χ1n) is 11.1. The first kappa shape index (κ1) is 26.7. The van der Waals surface area contributed by atoms with Gasteiger partial charge in [-0.15, -0.1) is 0 Å². The van der Waals surface area contributed by atoms with Crippen LogP contribution in [-0.2, 0) is 17.8 Å². The molecule has 178 valence electrons. The summed E-state index contributed by atoms with van der Waals surface area (Å²) < 4.78 is 28.1. The van der Waals surface area contributed by atoms with E-state index in [-0.39, 0.29) is 24.3 Å². The number of carbonyl (C=O) groups is 1. The van der Waals surface area contributed by atoms with E-state index in [0.29, 0.717) is 25.0 Å². The number of aliphatic hydroxyl groups excluding tert-OH is 1. The van der Waals surface area contributed by atoms with E-state index in [4.69, 9.17) is 0 Å². The summed E-state index contributed by atoms with van der Waals surface area (Å²) in [6.07, 6.45) is 2.08. The topological polar surface area (TPSA) is 61.4 Å². The van der Waals surface area contributed by atoms with Crippen molar-refractivity contribution in [3.05, 3.63) is 57.4 Å². The Balaban J connectivity index is 1.93. The van der Waals surface area contributed by atoms with Crippen molar-refractivity contribution in [1.29, 1.82) is 0 Å². The van der Waals surface area contributed by atoms with Gasteiger partial charge in [-0.1, -0.05) is 42.8 Å². The second-order valence-corrected chi connectivity index (χ2v) is 10.7. The Kier molecular flexibility index (Phi) is 10.0. The molecule has 0 saturated heterocycles. The Labute approximate surface area is 198 Å². The lowest BCUT2D eigenvalue weighted by Gasteiger charge is -2.25. The van der Waals surface area contributed by atoms with Crippen LogP contribution in [0.3, 0.4) is 0 Å². The van der Waals surface area contributed by atoms with Crippen LogP contribution in [0.4, 0.5) is 8.78 Å². The molecule has 0 saturated carbocycles. The normalized spacial score (nSPS) is 18.6. The highest BCUT2D eigenvalue weighted by atomic mass is 79.9. The number of allylic oxidation sites excluding steroid dienone is 4. The van der Waals surface area contributed by atoms with Gasteiger partial charge in [-0.3, -0.25) is 4.79 Å². The molecular formula is C25H35BrF2N2O2. The number of alkyl halides is 1. The maximum absolute atomic E-state index is 13.6. The molecule has 1 aromatic rings. The molecule has 0 radical (unpaired) electrons. The Morgan fingerprint density at radius 2 is 1.97 bits per heavy atom. The van der Waals surface area contributed by atoms with Gasteiger partial charge in [0, 0.05) is 30.9 Å². The second kappa shape index (κ2) is 12.1. The third-order valence-electron chi connectivity index (χ3n) is 5.16. The van der Waals surface area contributed by atoms with Gasteiger partial charge in [0.25, 0.3) is 0 Å². The van der Waals surface area contributed by atoms with Gasteiger partial charge in [0.15, 0.2) is 0 Å². The third kappa shape index (κ3) is 9.92. The van der Waals surface area contributed by atoms with Crippen LogP contribution >= 0.6 is 15.9 Å². The summed E-state index contributed by atoms with van der Waals surface area (Å²) in [7, 11) is 0. The molecule has 0 bridgehead atoms. The number of amides is 1. The van der Waals surface area contributed by atoms with Crippen molar-refractivity contribution in [2.75, 3.05) is 6.54 Å². The van der Waals surface area contributed by atoms with Gasteiger partial charge in [0.05, 0.1) is 12.1 Å². The van der Waals surface area contributed by atoms with E-state index in [2.05, 4.69) is 59.5 Å². The summed E-state index contributed by atoms with van der Waals surface area (Å²) in [6, 6.07) is 5.80. The monoisotopic (exact) mass is 512 g/mol. The minimum atomic E-state index is -1.32. The lowest BCUT2D eigenvalue weighted by Crippen LogP contribution is -2.46. The fraction of sp³-hybridized carbons (Fsp3) is 0.560. The summed E-state index contributed by atoms with van der Waals surface area (Å²) in [5.41, 5.74) is 3.08. The Hall–Kier alpha value is -1.57. The molecule has 0 aromatic heterocycles. The molecule has 3 atom stereocenters. The lowest BCUT2D eigenvalue weighted by atomic mass is 9.88. The van der Waals surface area contributed by atoms with Crippen molar-refractivity contribution >= 4 is 21.8 Å². The minimum absolute atomic E-state index is 0.182. The van der Waals surface area contributed by atoms with E-state index in [0.717, 1.165) is 16.5 Å². The maximum atomic E-state index is 13.6. The first-order valence-corrected chi connectivity index (χ1v) is 11.9. The van der Waals surface area contributed by atoms with E-state index in [1.807, 2.05) is 6.07 Å². The average Bonchev–Trinajstić information content (AvgIpc) is 2.62. The summed E-state index contributed by atoms with van der Waals surface area (Å²) in [4.78, 5) is 11.6. The summed E-state index contributed by atoms with van der Waals surface area (Å²) in [5.74, 6) is -0.733. The molecule has 1 aliphatic rings. The van der Waals surface area contributed by atoms with E-state index < -0.39 is 24.1 Å². The van der Waals surface area contributed by atoms with Gasteiger partial charge in [-0.25, -0.2) is 8.78 Å². The van der Waals surface area contributed by atoms with Crippen LogP contribution in [0.15, 0.2) is 46.2 Å². The molecule has 0 heterocycles. The Morgan fingerprint density at radius 3 is 2.59 bits per heavy atom. The standard InChI is InChI=1S/C25H35BrF2N2O2/c1-16(31)30-23(6-5-17-10-21(27)12-22(28)11-17)24(32)15-29-14-19-7-18(8-20(26)9-19)13-25(2,3)4/h7-11,21,23-24,29,32H,5-6,12-15H2,1-4H3,(H,30,31)/t21-,23-,24+/m0/s1. The lowest BCUT2D eigenvalue weighted by molar-refractivity contribution is -0.120. The van der Waals surface area contributed by atoms with Crippen LogP contribution in [0.5, 0.6) is 0 Å². The van der Waals surface area contributed by atoms with E-state index in [9.17, 15) is 18.7 Å². The van der Waals surface area contributed by atoms with Crippen LogP contribution in [0.1, 0.15) is 58.1 Å². The number of rotatable bonds is 10. The molecule has 7 heteroatoms. The highest BCUT2D eigenvalue weighted by Crippen LogP contribution is 2.25. The number of aliphatic hydroxyl groups is 1. The molecule has 0 aliphatic heterocycles. The van der Waals surface area contributed by atoms with Gasteiger partial charge in [0.1, 0.15) is 12.0 Å². The van der Waals surface area contributed by atoms with Crippen molar-refractivity contribution in [3.63, 3.8) is 0 Å². The maximum Gasteiger partial charge on any atom is 0.217 e. The molecule has 1 aliphatic carbocycles. The molecule has 0 spiro atoms. The minimum Gasteiger partial charge on any atom is -0.390 e. The fourth-order valence-corrected chi connectivity index (χ4v) is 4.51. The zero-order chi connectivity index (χ0) is 23.9. The molecule has 1 aromatic carbocycles. The van der Waals surface area contributed by atoms with Crippen LogP contribution in [0.2, 0.25) is 0 Å². The molecule has 4 nitrogen and oxygen atoms in total. The van der Waals surface area contributed by atoms with Crippen molar-refractivity contribution < 1.29 is 18.7 Å². The van der Waals surface area contributed by atoms with Crippen LogP contribution in [0, 0.1) is 5.41 Å². The Bertz CT molecular complexity index is 849. The number of halogens is 3. The summed E-state index contributed by atoms with van der Waals surface area (Å²) in [5, 5.41) is 16.7. The SMILES string of the molecule is CC(=O)N[C@@H](CCC1=C[C@H](F)CC(F)=C1)[C@H](O)CNCc1cc(Br)cc(CC(C)(C)C)c1. The van der Waals surface area contributed by atoms with E-state index in [1.54, 1.807) is 0 Å². The number of hydrogen-bond acceptors (Lipinski definition) is 3. The number of hydrogen-bond donors (Lipinski definition) is 3. The van der Waals surface area contributed by atoms with Crippen LogP contribution in [0.25, 0.3) is 0 Å². The largest absolute Gasteiger partial charge is 0.390 e. The number of carbonyl (C=O) groups excluding carboxylic acids is 1. The molecule has 0 fully saturated rings. The molecule has 0 unspecified atom stereocenters. The van der Waals surface area contributed by atoms with Crippen LogP contribution < -0.4 is 10.6 Å². The average molecular weight is 513 g/mol.